The van der Waals surface area contributed by atoms with E-state index in [0.717, 1.165) is 11.3 Å². The Kier molecular flexibility index (Phi) is 6.79. The van der Waals surface area contributed by atoms with Crippen LogP contribution in [0.1, 0.15) is 35.3 Å². The van der Waals surface area contributed by atoms with Gasteiger partial charge in [-0.3, -0.25) is 4.79 Å². The van der Waals surface area contributed by atoms with Crippen molar-refractivity contribution in [3.05, 3.63) is 83.7 Å². The van der Waals surface area contributed by atoms with Gasteiger partial charge in [-0.1, -0.05) is 48.5 Å². The molecule has 0 saturated carbocycles. The summed E-state index contributed by atoms with van der Waals surface area (Å²) in [5, 5.41) is 2.89. The lowest BCUT2D eigenvalue weighted by Gasteiger charge is -2.26. The van der Waals surface area contributed by atoms with Gasteiger partial charge in [0, 0.05) is 37.1 Å². The van der Waals surface area contributed by atoms with Gasteiger partial charge in [0.1, 0.15) is 5.75 Å². The Morgan fingerprint density at radius 2 is 1.69 bits per heavy atom. The average molecular weight is 390 g/mol. The van der Waals surface area contributed by atoms with E-state index < -0.39 is 0 Å². The number of nitrogens with zero attached hydrogens (tertiary/aromatic N) is 3. The summed E-state index contributed by atoms with van der Waals surface area (Å²) in [4.78, 5) is 23.5. The minimum absolute atomic E-state index is 0.221. The topological polar surface area (TPSA) is 67.3 Å². The third-order valence-electron chi connectivity index (χ3n) is 4.61. The minimum atomic E-state index is -0.221. The van der Waals surface area contributed by atoms with E-state index in [1.165, 1.54) is 5.56 Å². The van der Waals surface area contributed by atoms with Crippen LogP contribution in [-0.4, -0.2) is 29.0 Å². The fourth-order valence-corrected chi connectivity index (χ4v) is 2.98. The number of hydrogen-bond acceptors (Lipinski definition) is 5. The SMILES string of the molecule is COc1ccccc1CNC(=O)c1cnc(N(Cc2ccccc2)C(C)C)nc1. The number of aromatic nitrogens is 2. The Hall–Kier alpha value is -3.41. The first-order valence-electron chi connectivity index (χ1n) is 9.61. The molecule has 6 nitrogen and oxygen atoms in total. The highest BCUT2D eigenvalue weighted by Crippen LogP contribution is 2.18. The Bertz CT molecular complexity index is 927. The van der Waals surface area contributed by atoms with Gasteiger partial charge in [0.05, 0.1) is 12.7 Å². The molecule has 3 aromatic rings. The van der Waals surface area contributed by atoms with Crippen molar-refractivity contribution in [2.75, 3.05) is 12.0 Å². The number of rotatable bonds is 8. The molecule has 0 spiro atoms. The second-order valence-corrected chi connectivity index (χ2v) is 6.97. The van der Waals surface area contributed by atoms with E-state index in [0.29, 0.717) is 24.6 Å². The highest BCUT2D eigenvalue weighted by atomic mass is 16.5. The summed E-state index contributed by atoms with van der Waals surface area (Å²) in [5.41, 5.74) is 2.52. The molecule has 0 bridgehead atoms. The van der Waals surface area contributed by atoms with Gasteiger partial charge in [-0.2, -0.15) is 0 Å². The molecule has 0 aliphatic carbocycles. The molecule has 29 heavy (non-hydrogen) atoms. The Morgan fingerprint density at radius 1 is 1.03 bits per heavy atom. The first kappa shape index (κ1) is 20.3. The quantitative estimate of drug-likeness (QED) is 0.633. The predicted molar refractivity (Wildman–Crippen MR) is 114 cm³/mol. The zero-order valence-corrected chi connectivity index (χ0v) is 17.0. The van der Waals surface area contributed by atoms with Crippen molar-refractivity contribution in [1.29, 1.82) is 0 Å². The molecular formula is C23H26N4O2. The van der Waals surface area contributed by atoms with E-state index in [1.54, 1.807) is 19.5 Å². The monoisotopic (exact) mass is 390 g/mol. The summed E-state index contributed by atoms with van der Waals surface area (Å²) in [7, 11) is 1.61. The lowest BCUT2D eigenvalue weighted by molar-refractivity contribution is 0.0950. The molecule has 1 aromatic heterocycles. The molecule has 0 unspecified atom stereocenters. The first-order valence-corrected chi connectivity index (χ1v) is 9.61. The molecule has 3 rings (SSSR count). The standard InChI is InChI=1S/C23H26N4O2/c1-17(2)27(16-18-9-5-4-6-10-18)23-25-14-20(15-26-23)22(28)24-13-19-11-7-8-12-21(19)29-3/h4-12,14-15,17H,13,16H2,1-3H3,(H,24,28). The highest BCUT2D eigenvalue weighted by molar-refractivity contribution is 5.93. The summed E-state index contributed by atoms with van der Waals surface area (Å²) >= 11 is 0. The van der Waals surface area contributed by atoms with E-state index in [9.17, 15) is 4.79 Å². The van der Waals surface area contributed by atoms with Crippen molar-refractivity contribution in [3.8, 4) is 5.75 Å². The zero-order chi connectivity index (χ0) is 20.6. The molecular weight excluding hydrogens is 364 g/mol. The van der Waals surface area contributed by atoms with Crippen LogP contribution >= 0.6 is 0 Å². The molecule has 1 N–H and O–H groups in total. The molecule has 0 aliphatic heterocycles. The molecule has 0 aliphatic rings. The first-order chi connectivity index (χ1) is 14.1. The van der Waals surface area contributed by atoms with Gasteiger partial charge in [0.15, 0.2) is 0 Å². The summed E-state index contributed by atoms with van der Waals surface area (Å²) < 4.78 is 5.32. The molecule has 1 heterocycles. The molecule has 2 aromatic carbocycles. The second-order valence-electron chi connectivity index (χ2n) is 6.97. The van der Waals surface area contributed by atoms with Crippen molar-refractivity contribution < 1.29 is 9.53 Å². The molecule has 0 atom stereocenters. The smallest absolute Gasteiger partial charge is 0.254 e. The van der Waals surface area contributed by atoms with Gasteiger partial charge in [-0.15, -0.1) is 0 Å². The third kappa shape index (κ3) is 5.31. The van der Waals surface area contributed by atoms with Gasteiger partial charge in [0.25, 0.3) is 5.91 Å². The Morgan fingerprint density at radius 3 is 2.34 bits per heavy atom. The van der Waals surface area contributed by atoms with Crippen molar-refractivity contribution in [1.82, 2.24) is 15.3 Å². The van der Waals surface area contributed by atoms with Gasteiger partial charge in [-0.05, 0) is 25.5 Å². The number of para-hydroxylation sites is 1. The van der Waals surface area contributed by atoms with Crippen LogP contribution in [0, 0.1) is 0 Å². The van der Waals surface area contributed by atoms with Crippen molar-refractivity contribution in [2.45, 2.75) is 33.0 Å². The van der Waals surface area contributed by atoms with E-state index in [2.05, 4.69) is 46.2 Å². The van der Waals surface area contributed by atoms with Crippen LogP contribution in [0.3, 0.4) is 0 Å². The van der Waals surface area contributed by atoms with Crippen LogP contribution in [0.25, 0.3) is 0 Å². The van der Waals surface area contributed by atoms with Crippen molar-refractivity contribution >= 4 is 11.9 Å². The molecule has 0 radical (unpaired) electrons. The number of amides is 1. The maximum Gasteiger partial charge on any atom is 0.254 e. The van der Waals surface area contributed by atoms with E-state index >= 15 is 0 Å². The largest absolute Gasteiger partial charge is 0.496 e. The van der Waals surface area contributed by atoms with Crippen LogP contribution in [0.2, 0.25) is 0 Å². The van der Waals surface area contributed by atoms with E-state index in [1.807, 2.05) is 42.5 Å². The number of carbonyl (C=O) groups is 1. The maximum absolute atomic E-state index is 12.5. The van der Waals surface area contributed by atoms with Crippen LogP contribution in [0.5, 0.6) is 5.75 Å². The van der Waals surface area contributed by atoms with E-state index in [4.69, 9.17) is 4.74 Å². The van der Waals surface area contributed by atoms with Crippen molar-refractivity contribution in [2.24, 2.45) is 0 Å². The second kappa shape index (κ2) is 9.68. The zero-order valence-electron chi connectivity index (χ0n) is 17.0. The number of carbonyl (C=O) groups excluding carboxylic acids is 1. The van der Waals surface area contributed by atoms with Crippen LogP contribution in [0.4, 0.5) is 5.95 Å². The number of ether oxygens (including phenoxy) is 1. The summed E-state index contributed by atoms with van der Waals surface area (Å²) in [6.45, 7) is 5.27. The molecule has 6 heteroatoms. The Labute approximate surface area is 171 Å². The fraction of sp³-hybridized carbons (Fsp3) is 0.261. The Balaban J connectivity index is 1.67. The third-order valence-corrected chi connectivity index (χ3v) is 4.61. The number of hydrogen-bond donors (Lipinski definition) is 1. The highest BCUT2D eigenvalue weighted by Gasteiger charge is 2.15. The number of methoxy groups -OCH3 is 1. The summed E-state index contributed by atoms with van der Waals surface area (Å²) in [5.74, 6) is 1.12. The average Bonchev–Trinajstić information content (AvgIpc) is 2.76. The molecule has 150 valence electrons. The molecule has 0 saturated heterocycles. The van der Waals surface area contributed by atoms with Crippen LogP contribution in [0.15, 0.2) is 67.0 Å². The number of nitrogens with one attached hydrogen (secondary N) is 1. The predicted octanol–water partition coefficient (Wildman–Crippen LogP) is 3.83. The summed E-state index contributed by atoms with van der Waals surface area (Å²) in [6.07, 6.45) is 3.14. The normalized spacial score (nSPS) is 10.6. The number of benzene rings is 2. The van der Waals surface area contributed by atoms with Gasteiger partial charge in [-0.25, -0.2) is 9.97 Å². The van der Waals surface area contributed by atoms with Gasteiger partial charge >= 0.3 is 0 Å². The molecule has 0 fully saturated rings. The number of anilines is 1. The minimum Gasteiger partial charge on any atom is -0.496 e. The van der Waals surface area contributed by atoms with Crippen LogP contribution < -0.4 is 15.0 Å². The van der Waals surface area contributed by atoms with Gasteiger partial charge in [0.2, 0.25) is 5.95 Å². The maximum atomic E-state index is 12.5. The van der Waals surface area contributed by atoms with Gasteiger partial charge < -0.3 is 15.0 Å². The summed E-state index contributed by atoms with van der Waals surface area (Å²) in [6, 6.07) is 18.0. The van der Waals surface area contributed by atoms with Crippen molar-refractivity contribution in [3.63, 3.8) is 0 Å². The molecule has 1 amide bonds. The lowest BCUT2D eigenvalue weighted by atomic mass is 10.2. The lowest BCUT2D eigenvalue weighted by Crippen LogP contribution is -2.32. The van der Waals surface area contributed by atoms with Crippen LogP contribution in [-0.2, 0) is 13.1 Å². The fourth-order valence-electron chi connectivity index (χ4n) is 2.98. The van der Waals surface area contributed by atoms with E-state index in [-0.39, 0.29) is 11.9 Å².